The van der Waals surface area contributed by atoms with Crippen molar-refractivity contribution < 1.29 is 22.7 Å². The van der Waals surface area contributed by atoms with E-state index in [-0.39, 0.29) is 24.5 Å². The molecule has 1 aliphatic rings. The maximum absolute atomic E-state index is 12.2. The molecule has 0 aliphatic carbocycles. The fourth-order valence-electron chi connectivity index (χ4n) is 2.24. The van der Waals surface area contributed by atoms with Crippen LogP contribution in [0.1, 0.15) is 25.7 Å². The second-order valence-corrected chi connectivity index (χ2v) is 7.04. The van der Waals surface area contributed by atoms with E-state index in [0.29, 0.717) is 19.4 Å². The average Bonchev–Trinajstić information content (AvgIpc) is 2.87. The summed E-state index contributed by atoms with van der Waals surface area (Å²) in [7, 11) is 0.981. The predicted molar refractivity (Wildman–Crippen MR) is 73.5 cm³/mol. The van der Waals surface area contributed by atoms with Crippen molar-refractivity contribution in [3.8, 4) is 0 Å². The van der Waals surface area contributed by atoms with Crippen molar-refractivity contribution in [1.29, 1.82) is 0 Å². The van der Waals surface area contributed by atoms with Gasteiger partial charge in [0.1, 0.15) is 6.04 Å². The highest BCUT2D eigenvalue weighted by Crippen LogP contribution is 2.23. The van der Waals surface area contributed by atoms with E-state index in [0.717, 1.165) is 0 Å². The fraction of sp³-hybridized carbons (Fsp3) is 0.833. The van der Waals surface area contributed by atoms with Crippen molar-refractivity contribution in [1.82, 2.24) is 9.21 Å². The van der Waals surface area contributed by atoms with Crippen LogP contribution in [0, 0.1) is 0 Å². The Kier molecular flexibility index (Phi) is 5.94. The van der Waals surface area contributed by atoms with Crippen molar-refractivity contribution in [2.24, 2.45) is 0 Å². The van der Waals surface area contributed by atoms with E-state index in [2.05, 4.69) is 4.74 Å². The Balaban J connectivity index is 2.66. The summed E-state index contributed by atoms with van der Waals surface area (Å²) < 4.78 is 30.2. The number of likely N-dealkylation sites (N-methyl/N-ethyl adjacent to an activating group) is 1. The molecule has 1 aliphatic heterocycles. The van der Waals surface area contributed by atoms with Crippen LogP contribution in [-0.2, 0) is 24.3 Å². The zero-order chi connectivity index (χ0) is 15.3. The molecule has 0 spiro atoms. The minimum Gasteiger partial charge on any atom is -0.469 e. The minimum absolute atomic E-state index is 0.0653. The number of carbonyl (C=O) groups is 2. The largest absolute Gasteiger partial charge is 0.469 e. The third-order valence-corrected chi connectivity index (χ3v) is 5.25. The van der Waals surface area contributed by atoms with Gasteiger partial charge in [0.05, 0.1) is 12.9 Å². The molecule has 0 aromatic rings. The first kappa shape index (κ1) is 16.9. The summed E-state index contributed by atoms with van der Waals surface area (Å²) in [4.78, 5) is 24.4. The van der Waals surface area contributed by atoms with Crippen LogP contribution < -0.4 is 0 Å². The average molecular weight is 306 g/mol. The van der Waals surface area contributed by atoms with Crippen LogP contribution in [0.3, 0.4) is 0 Å². The van der Waals surface area contributed by atoms with Gasteiger partial charge in [-0.25, -0.2) is 8.42 Å². The molecular weight excluding hydrogens is 284 g/mol. The minimum atomic E-state index is -3.51. The van der Waals surface area contributed by atoms with Gasteiger partial charge < -0.3 is 9.64 Å². The van der Waals surface area contributed by atoms with Crippen LogP contribution >= 0.6 is 0 Å². The monoisotopic (exact) mass is 306 g/mol. The topological polar surface area (TPSA) is 84.0 Å². The molecule has 116 valence electrons. The van der Waals surface area contributed by atoms with Gasteiger partial charge in [0, 0.05) is 27.1 Å². The SMILES string of the molecule is COC(=O)CCCS(=O)(=O)N1CCCC1C(=O)N(C)C. The molecule has 1 amide bonds. The normalized spacial score (nSPS) is 19.9. The van der Waals surface area contributed by atoms with Gasteiger partial charge in [-0.1, -0.05) is 0 Å². The van der Waals surface area contributed by atoms with Crippen LogP contribution in [0.2, 0.25) is 0 Å². The summed E-state index contributed by atoms with van der Waals surface area (Å²) >= 11 is 0. The van der Waals surface area contributed by atoms with E-state index >= 15 is 0 Å². The smallest absolute Gasteiger partial charge is 0.305 e. The Morgan fingerprint density at radius 1 is 1.35 bits per heavy atom. The molecule has 0 aromatic heterocycles. The number of esters is 1. The van der Waals surface area contributed by atoms with E-state index in [1.54, 1.807) is 14.1 Å². The van der Waals surface area contributed by atoms with E-state index in [1.165, 1.54) is 16.3 Å². The van der Waals surface area contributed by atoms with Gasteiger partial charge in [-0.3, -0.25) is 9.59 Å². The number of methoxy groups -OCH3 is 1. The molecule has 1 heterocycles. The molecule has 8 heteroatoms. The van der Waals surface area contributed by atoms with Crippen LogP contribution in [0.25, 0.3) is 0 Å². The van der Waals surface area contributed by atoms with Crippen molar-refractivity contribution >= 4 is 21.9 Å². The van der Waals surface area contributed by atoms with Crippen molar-refractivity contribution in [3.63, 3.8) is 0 Å². The third-order valence-electron chi connectivity index (χ3n) is 3.30. The molecule has 0 N–H and O–H groups in total. The zero-order valence-corrected chi connectivity index (χ0v) is 13.0. The van der Waals surface area contributed by atoms with Crippen molar-refractivity contribution in [3.05, 3.63) is 0 Å². The number of amides is 1. The van der Waals surface area contributed by atoms with Gasteiger partial charge in [0.15, 0.2) is 0 Å². The van der Waals surface area contributed by atoms with Crippen LogP contribution in [-0.4, -0.2) is 69.0 Å². The first-order chi connectivity index (χ1) is 9.29. The molecular formula is C12H22N2O5S. The second-order valence-electron chi connectivity index (χ2n) is 5.00. The molecule has 1 atom stereocenters. The maximum atomic E-state index is 12.2. The first-order valence-electron chi connectivity index (χ1n) is 6.57. The molecule has 20 heavy (non-hydrogen) atoms. The summed E-state index contributed by atoms with van der Waals surface area (Å²) in [6.45, 7) is 0.366. The number of nitrogens with zero attached hydrogens (tertiary/aromatic N) is 2. The van der Waals surface area contributed by atoms with Crippen LogP contribution in [0.5, 0.6) is 0 Å². The van der Waals surface area contributed by atoms with Gasteiger partial charge in [-0.2, -0.15) is 4.31 Å². The zero-order valence-electron chi connectivity index (χ0n) is 12.2. The lowest BCUT2D eigenvalue weighted by atomic mass is 10.2. The second kappa shape index (κ2) is 7.03. The molecule has 0 bridgehead atoms. The van der Waals surface area contributed by atoms with Gasteiger partial charge >= 0.3 is 5.97 Å². The Morgan fingerprint density at radius 2 is 2.00 bits per heavy atom. The summed E-state index contributed by atoms with van der Waals surface area (Å²) in [5.41, 5.74) is 0. The Labute approximate surface area is 119 Å². The summed E-state index contributed by atoms with van der Waals surface area (Å²) in [6, 6.07) is -0.604. The third kappa shape index (κ3) is 4.17. The Hall–Kier alpha value is -1.15. The number of sulfonamides is 1. The number of carbonyl (C=O) groups excluding carboxylic acids is 2. The number of rotatable bonds is 6. The highest BCUT2D eigenvalue weighted by molar-refractivity contribution is 7.89. The summed E-state index contributed by atoms with van der Waals surface area (Å²) in [5, 5.41) is 0. The molecule has 0 radical (unpaired) electrons. The fourth-order valence-corrected chi connectivity index (χ4v) is 3.97. The molecule has 0 saturated carbocycles. The van der Waals surface area contributed by atoms with Crippen molar-refractivity contribution in [2.75, 3.05) is 33.5 Å². The molecule has 0 aromatic carbocycles. The first-order valence-corrected chi connectivity index (χ1v) is 8.18. The van der Waals surface area contributed by atoms with Gasteiger partial charge in [0.25, 0.3) is 0 Å². The highest BCUT2D eigenvalue weighted by Gasteiger charge is 2.38. The van der Waals surface area contributed by atoms with Crippen molar-refractivity contribution in [2.45, 2.75) is 31.7 Å². The number of hydrogen-bond acceptors (Lipinski definition) is 5. The maximum Gasteiger partial charge on any atom is 0.305 e. The quantitative estimate of drug-likeness (QED) is 0.636. The van der Waals surface area contributed by atoms with Gasteiger partial charge in [-0.05, 0) is 19.3 Å². The molecule has 1 fully saturated rings. The predicted octanol–water partition coefficient (Wildman–Crippen LogP) is -0.178. The molecule has 7 nitrogen and oxygen atoms in total. The van der Waals surface area contributed by atoms with E-state index in [9.17, 15) is 18.0 Å². The van der Waals surface area contributed by atoms with E-state index in [1.807, 2.05) is 0 Å². The lowest BCUT2D eigenvalue weighted by Crippen LogP contribution is -2.46. The number of hydrogen-bond donors (Lipinski definition) is 0. The lowest BCUT2D eigenvalue weighted by molar-refractivity contribution is -0.140. The standard InChI is InChI=1S/C12H22N2O5S/c1-13(2)12(16)10-6-4-8-14(10)20(17,18)9-5-7-11(15)19-3/h10H,4-9H2,1-3H3. The molecule has 1 saturated heterocycles. The molecule has 1 unspecified atom stereocenters. The van der Waals surface area contributed by atoms with E-state index in [4.69, 9.17) is 0 Å². The Bertz CT molecular complexity index is 460. The van der Waals surface area contributed by atoms with Crippen LogP contribution in [0.15, 0.2) is 0 Å². The lowest BCUT2D eigenvalue weighted by Gasteiger charge is -2.25. The molecule has 1 rings (SSSR count). The highest BCUT2D eigenvalue weighted by atomic mass is 32.2. The number of ether oxygens (including phenoxy) is 1. The van der Waals surface area contributed by atoms with E-state index < -0.39 is 22.0 Å². The van der Waals surface area contributed by atoms with Crippen LogP contribution in [0.4, 0.5) is 0 Å². The Morgan fingerprint density at radius 3 is 2.55 bits per heavy atom. The summed E-state index contributed by atoms with van der Waals surface area (Å²) in [6.07, 6.45) is 1.50. The van der Waals surface area contributed by atoms with Gasteiger partial charge in [0.2, 0.25) is 15.9 Å². The summed E-state index contributed by atoms with van der Waals surface area (Å²) in [5.74, 6) is -0.763. The van der Waals surface area contributed by atoms with Gasteiger partial charge in [-0.15, -0.1) is 0 Å².